The van der Waals surface area contributed by atoms with Crippen molar-refractivity contribution in [1.29, 1.82) is 0 Å². The molecule has 1 saturated heterocycles. The maximum absolute atomic E-state index is 12.8. The lowest BCUT2D eigenvalue weighted by atomic mass is 10.2. The molecule has 0 unspecified atom stereocenters. The Kier molecular flexibility index (Phi) is 5.67. The Morgan fingerprint density at radius 1 is 1.10 bits per heavy atom. The number of benzene rings is 2. The van der Waals surface area contributed by atoms with Crippen LogP contribution in [0.4, 0.5) is 5.69 Å². The molecule has 2 aromatic rings. The molecule has 1 atom stereocenters. The van der Waals surface area contributed by atoms with Gasteiger partial charge in [0.05, 0.1) is 26.2 Å². The predicted octanol–water partition coefficient (Wildman–Crippen LogP) is 0.501. The summed E-state index contributed by atoms with van der Waals surface area (Å²) in [4.78, 5) is 28.1. The van der Waals surface area contributed by atoms with Crippen molar-refractivity contribution >= 4 is 17.5 Å². The van der Waals surface area contributed by atoms with Crippen LogP contribution >= 0.6 is 0 Å². The maximum Gasteiger partial charge on any atom is 0.279 e. The molecule has 0 radical (unpaired) electrons. The molecule has 0 saturated carbocycles. The van der Waals surface area contributed by atoms with E-state index in [1.54, 1.807) is 0 Å². The van der Waals surface area contributed by atoms with E-state index in [4.69, 9.17) is 9.47 Å². The summed E-state index contributed by atoms with van der Waals surface area (Å²) in [5.74, 6) is 1.22. The molecule has 2 aliphatic rings. The van der Waals surface area contributed by atoms with E-state index in [1.165, 1.54) is 4.90 Å². The van der Waals surface area contributed by atoms with E-state index < -0.39 is 6.10 Å². The van der Waals surface area contributed by atoms with Crippen molar-refractivity contribution in [2.24, 2.45) is 0 Å². The molecule has 2 amide bonds. The van der Waals surface area contributed by atoms with Gasteiger partial charge in [-0.2, -0.15) is 0 Å². The summed E-state index contributed by atoms with van der Waals surface area (Å²) in [5, 5.41) is 2.95. The van der Waals surface area contributed by atoms with Gasteiger partial charge in [0.15, 0.2) is 18.0 Å². The Bertz CT molecular complexity index is 893. The number of carbonyl (C=O) groups excluding carboxylic acids is 2. The van der Waals surface area contributed by atoms with Crippen LogP contribution in [0.3, 0.4) is 0 Å². The smallest absolute Gasteiger partial charge is 0.279 e. The quantitative estimate of drug-likeness (QED) is 0.790. The number of fused-ring (bicyclic) bond motifs is 1. The van der Waals surface area contributed by atoms with Gasteiger partial charge in [0, 0.05) is 5.69 Å². The molecule has 2 aromatic carbocycles. The van der Waals surface area contributed by atoms with Crippen molar-refractivity contribution in [3.8, 4) is 11.5 Å². The van der Waals surface area contributed by atoms with Gasteiger partial charge in [0.2, 0.25) is 6.10 Å². The van der Waals surface area contributed by atoms with E-state index in [9.17, 15) is 9.59 Å². The van der Waals surface area contributed by atoms with E-state index >= 15 is 0 Å². The van der Waals surface area contributed by atoms with Gasteiger partial charge in [0.25, 0.3) is 11.8 Å². The number of quaternary nitrogens is 1. The van der Waals surface area contributed by atoms with Gasteiger partial charge >= 0.3 is 0 Å². The molecule has 0 aliphatic carbocycles. The monoisotopic (exact) mass is 396 g/mol. The van der Waals surface area contributed by atoms with E-state index in [0.29, 0.717) is 31.1 Å². The molecule has 152 valence electrons. The minimum absolute atomic E-state index is 0.00834. The first-order valence-corrected chi connectivity index (χ1v) is 9.96. The Morgan fingerprint density at radius 2 is 1.86 bits per heavy atom. The minimum atomic E-state index is -0.615. The number of ether oxygens (including phenoxy) is 2. The Labute approximate surface area is 170 Å². The number of rotatable bonds is 4. The molecule has 0 bridgehead atoms. The van der Waals surface area contributed by atoms with Gasteiger partial charge < -0.3 is 24.6 Å². The van der Waals surface area contributed by atoms with E-state index in [-0.39, 0.29) is 18.4 Å². The average Bonchev–Trinajstić information content (AvgIpc) is 2.73. The van der Waals surface area contributed by atoms with Crippen molar-refractivity contribution in [2.75, 3.05) is 44.6 Å². The van der Waals surface area contributed by atoms with Crippen LogP contribution in [0.1, 0.15) is 5.56 Å². The SMILES string of the molecule is Cc1cccc(NC(=O)C[NH+]2CCN(C(=O)[C@@H]3COc4ccccc4O3)CC2)c1. The standard InChI is InChI=1S/C22H25N3O4/c1-16-5-4-6-17(13-16)23-21(26)14-24-9-11-25(12-10-24)22(27)20-15-28-18-7-2-3-8-19(18)29-20/h2-8,13,20H,9-12,14-15H2,1H3,(H,23,26)/p+1/t20-/m0/s1. The second-order valence-electron chi connectivity index (χ2n) is 7.53. The topological polar surface area (TPSA) is 72.3 Å². The molecule has 29 heavy (non-hydrogen) atoms. The molecule has 0 spiro atoms. The van der Waals surface area contributed by atoms with Crippen LogP contribution < -0.4 is 19.7 Å². The van der Waals surface area contributed by atoms with Crippen LogP contribution in [0.15, 0.2) is 48.5 Å². The lowest BCUT2D eigenvalue weighted by Gasteiger charge is -2.35. The molecule has 2 N–H and O–H groups in total. The van der Waals surface area contributed by atoms with Crippen LogP contribution in [0.5, 0.6) is 11.5 Å². The van der Waals surface area contributed by atoms with E-state index in [2.05, 4.69) is 5.32 Å². The minimum Gasteiger partial charge on any atom is -0.485 e. The van der Waals surface area contributed by atoms with E-state index in [1.807, 2.05) is 60.4 Å². The molecule has 7 nitrogen and oxygen atoms in total. The van der Waals surface area contributed by atoms with Crippen LogP contribution in [0, 0.1) is 6.92 Å². The van der Waals surface area contributed by atoms with Crippen molar-refractivity contribution in [3.05, 3.63) is 54.1 Å². The Balaban J connectivity index is 1.25. The van der Waals surface area contributed by atoms with Crippen molar-refractivity contribution in [3.63, 3.8) is 0 Å². The third kappa shape index (κ3) is 4.68. The summed E-state index contributed by atoms with van der Waals surface area (Å²) in [6.45, 7) is 5.29. The largest absolute Gasteiger partial charge is 0.485 e. The zero-order valence-electron chi connectivity index (χ0n) is 16.5. The van der Waals surface area contributed by atoms with Gasteiger partial charge in [-0.1, -0.05) is 24.3 Å². The van der Waals surface area contributed by atoms with E-state index in [0.717, 1.165) is 24.3 Å². The fourth-order valence-corrected chi connectivity index (χ4v) is 3.72. The molecule has 2 aliphatic heterocycles. The highest BCUT2D eigenvalue weighted by Gasteiger charge is 2.34. The zero-order chi connectivity index (χ0) is 20.2. The third-order valence-electron chi connectivity index (χ3n) is 5.28. The summed E-state index contributed by atoms with van der Waals surface area (Å²) in [5.41, 5.74) is 1.93. The molecule has 1 fully saturated rings. The Morgan fingerprint density at radius 3 is 2.62 bits per heavy atom. The first kappa shape index (κ1) is 19.3. The number of hydrogen-bond acceptors (Lipinski definition) is 4. The van der Waals surface area contributed by atoms with Crippen LogP contribution in [-0.2, 0) is 9.59 Å². The highest BCUT2D eigenvalue weighted by molar-refractivity contribution is 5.91. The lowest BCUT2D eigenvalue weighted by Crippen LogP contribution is -3.15. The van der Waals surface area contributed by atoms with Gasteiger partial charge in [-0.3, -0.25) is 9.59 Å². The molecule has 2 heterocycles. The predicted molar refractivity (Wildman–Crippen MR) is 108 cm³/mol. The number of nitrogens with zero attached hydrogens (tertiary/aromatic N) is 1. The first-order valence-electron chi connectivity index (χ1n) is 9.96. The number of aryl methyl sites for hydroxylation is 1. The number of nitrogens with one attached hydrogen (secondary N) is 2. The number of hydrogen-bond donors (Lipinski definition) is 2. The number of amides is 2. The summed E-state index contributed by atoms with van der Waals surface area (Å²) >= 11 is 0. The van der Waals surface area contributed by atoms with Gasteiger partial charge in [-0.25, -0.2) is 0 Å². The van der Waals surface area contributed by atoms with Crippen LogP contribution in [0.25, 0.3) is 0 Å². The molecule has 0 aromatic heterocycles. The number of para-hydroxylation sites is 2. The number of piperazine rings is 1. The van der Waals surface area contributed by atoms with Gasteiger partial charge in [-0.15, -0.1) is 0 Å². The Hall–Kier alpha value is -3.06. The van der Waals surface area contributed by atoms with Crippen LogP contribution in [0.2, 0.25) is 0 Å². The summed E-state index contributed by atoms with van der Waals surface area (Å²) in [6.07, 6.45) is -0.615. The highest BCUT2D eigenvalue weighted by Crippen LogP contribution is 2.31. The number of anilines is 1. The first-order chi connectivity index (χ1) is 14.1. The highest BCUT2D eigenvalue weighted by atomic mass is 16.6. The fraction of sp³-hybridized carbons (Fsp3) is 0.364. The lowest BCUT2D eigenvalue weighted by molar-refractivity contribution is -0.895. The maximum atomic E-state index is 12.8. The fourth-order valence-electron chi connectivity index (χ4n) is 3.72. The van der Waals surface area contributed by atoms with Crippen LogP contribution in [-0.4, -0.2) is 62.1 Å². The normalized spacial score (nSPS) is 18.9. The van der Waals surface area contributed by atoms with Crippen molar-refractivity contribution in [2.45, 2.75) is 13.0 Å². The molecular formula is C22H26N3O4+. The third-order valence-corrected chi connectivity index (χ3v) is 5.28. The van der Waals surface area contributed by atoms with Crippen molar-refractivity contribution < 1.29 is 24.0 Å². The molecule has 7 heteroatoms. The van der Waals surface area contributed by atoms with Gasteiger partial charge in [0.1, 0.15) is 6.61 Å². The van der Waals surface area contributed by atoms with Crippen molar-refractivity contribution in [1.82, 2.24) is 4.90 Å². The van der Waals surface area contributed by atoms with Gasteiger partial charge in [-0.05, 0) is 36.8 Å². The zero-order valence-corrected chi connectivity index (χ0v) is 16.5. The molecule has 4 rings (SSSR count). The summed E-state index contributed by atoms with van der Waals surface area (Å²) < 4.78 is 11.5. The second kappa shape index (κ2) is 8.53. The molecular weight excluding hydrogens is 370 g/mol. The summed E-state index contributed by atoms with van der Waals surface area (Å²) in [7, 11) is 0. The number of carbonyl (C=O) groups is 2. The second-order valence-corrected chi connectivity index (χ2v) is 7.53. The average molecular weight is 396 g/mol. The summed E-state index contributed by atoms with van der Waals surface area (Å²) in [6, 6.07) is 15.1.